The van der Waals surface area contributed by atoms with Crippen LogP contribution in [0.1, 0.15) is 16.7 Å². The second-order valence-electron chi connectivity index (χ2n) is 8.15. The van der Waals surface area contributed by atoms with Gasteiger partial charge in [-0.25, -0.2) is 4.98 Å². The van der Waals surface area contributed by atoms with E-state index in [1.54, 1.807) is 4.57 Å². The first kappa shape index (κ1) is 22.0. The van der Waals surface area contributed by atoms with Crippen LogP contribution in [0.5, 0.6) is 0 Å². The minimum absolute atomic E-state index is 0.0397. The average molecular weight is 470 g/mol. The molecule has 0 unspecified atom stereocenters. The summed E-state index contributed by atoms with van der Waals surface area (Å²) in [6, 6.07) is 23.2. The van der Waals surface area contributed by atoms with E-state index in [1.165, 1.54) is 11.8 Å². The molecule has 2 aromatic heterocycles. The van der Waals surface area contributed by atoms with Crippen LogP contribution >= 0.6 is 11.8 Å². The number of thioether (sulfide) groups is 1. The quantitative estimate of drug-likeness (QED) is 0.207. The molecule has 0 saturated carbocycles. The lowest BCUT2D eigenvalue weighted by atomic mass is 10.1. The van der Waals surface area contributed by atoms with Crippen molar-refractivity contribution in [1.82, 2.24) is 14.5 Å². The molecule has 6 nitrogen and oxygen atoms in total. The molecule has 0 aliphatic carbocycles. The SMILES string of the molecule is Cc1ccc(C)c(-n2c(SCC(=O)OCc3ccccc3)nc3c([nH]c4ccccc43)c2=O)c1. The van der Waals surface area contributed by atoms with Gasteiger partial charge in [0.1, 0.15) is 17.6 Å². The van der Waals surface area contributed by atoms with Gasteiger partial charge in [-0.2, -0.15) is 0 Å². The van der Waals surface area contributed by atoms with E-state index in [2.05, 4.69) is 4.98 Å². The Bertz CT molecular complexity index is 1570. The van der Waals surface area contributed by atoms with Crippen LogP contribution in [0.15, 0.2) is 82.7 Å². The van der Waals surface area contributed by atoms with Crippen LogP contribution < -0.4 is 5.56 Å². The summed E-state index contributed by atoms with van der Waals surface area (Å²) in [4.78, 5) is 34.3. The Morgan fingerprint density at radius 1 is 1.03 bits per heavy atom. The highest BCUT2D eigenvalue weighted by Gasteiger charge is 2.19. The minimum atomic E-state index is -0.366. The molecule has 1 N–H and O–H groups in total. The number of H-pyrrole nitrogens is 1. The zero-order valence-corrected chi connectivity index (χ0v) is 19.7. The fraction of sp³-hybridized carbons (Fsp3) is 0.148. The number of aryl methyl sites for hydroxylation is 2. The number of nitrogens with zero attached hydrogens (tertiary/aromatic N) is 2. The molecule has 170 valence electrons. The van der Waals surface area contributed by atoms with Crippen molar-refractivity contribution in [3.05, 3.63) is 99.8 Å². The Labute approximate surface area is 200 Å². The van der Waals surface area contributed by atoms with Crippen LogP contribution in [0.4, 0.5) is 0 Å². The first-order valence-corrected chi connectivity index (χ1v) is 11.9. The summed E-state index contributed by atoms with van der Waals surface area (Å²) >= 11 is 1.20. The summed E-state index contributed by atoms with van der Waals surface area (Å²) in [6.45, 7) is 4.15. The Morgan fingerprint density at radius 3 is 2.62 bits per heavy atom. The molecule has 0 atom stereocenters. The number of carbonyl (C=O) groups excluding carboxylic acids is 1. The van der Waals surface area contributed by atoms with Crippen molar-refractivity contribution in [2.45, 2.75) is 25.6 Å². The summed E-state index contributed by atoms with van der Waals surface area (Å²) < 4.78 is 7.02. The molecule has 5 rings (SSSR count). The first-order valence-electron chi connectivity index (χ1n) is 10.9. The van der Waals surface area contributed by atoms with E-state index >= 15 is 0 Å². The molecule has 3 aromatic carbocycles. The van der Waals surface area contributed by atoms with Crippen LogP contribution in [-0.4, -0.2) is 26.3 Å². The summed E-state index contributed by atoms with van der Waals surface area (Å²) in [5.74, 6) is -0.326. The van der Waals surface area contributed by atoms with E-state index in [1.807, 2.05) is 86.6 Å². The van der Waals surface area contributed by atoms with E-state index in [0.717, 1.165) is 33.3 Å². The lowest BCUT2D eigenvalue weighted by Gasteiger charge is -2.15. The van der Waals surface area contributed by atoms with Crippen LogP contribution in [0.2, 0.25) is 0 Å². The lowest BCUT2D eigenvalue weighted by molar-refractivity contribution is -0.141. The maximum atomic E-state index is 13.7. The number of fused-ring (bicyclic) bond motifs is 3. The number of para-hydroxylation sites is 1. The van der Waals surface area contributed by atoms with Crippen LogP contribution in [0.25, 0.3) is 27.6 Å². The number of carbonyl (C=O) groups is 1. The molecule has 0 aliphatic heterocycles. The van der Waals surface area contributed by atoms with E-state index in [-0.39, 0.29) is 23.9 Å². The molecule has 2 heterocycles. The van der Waals surface area contributed by atoms with Gasteiger partial charge in [-0.1, -0.05) is 72.4 Å². The van der Waals surface area contributed by atoms with Gasteiger partial charge in [0.25, 0.3) is 5.56 Å². The minimum Gasteiger partial charge on any atom is -0.460 e. The Hall–Kier alpha value is -3.84. The predicted octanol–water partition coefficient (Wildman–Crippen LogP) is 5.32. The highest BCUT2D eigenvalue weighted by atomic mass is 32.2. The Morgan fingerprint density at radius 2 is 1.79 bits per heavy atom. The normalized spacial score (nSPS) is 11.2. The fourth-order valence-corrected chi connectivity index (χ4v) is 4.71. The molecular formula is C27H23N3O3S. The smallest absolute Gasteiger partial charge is 0.316 e. The van der Waals surface area contributed by atoms with Gasteiger partial charge >= 0.3 is 5.97 Å². The van der Waals surface area contributed by atoms with Gasteiger partial charge in [-0.15, -0.1) is 0 Å². The number of aromatic amines is 1. The molecule has 0 fully saturated rings. The van der Waals surface area contributed by atoms with E-state index in [4.69, 9.17) is 9.72 Å². The van der Waals surface area contributed by atoms with Crippen molar-refractivity contribution in [2.24, 2.45) is 0 Å². The van der Waals surface area contributed by atoms with Gasteiger partial charge in [0.2, 0.25) is 0 Å². The molecule has 34 heavy (non-hydrogen) atoms. The molecule has 0 bridgehead atoms. The average Bonchev–Trinajstić information content (AvgIpc) is 3.23. The van der Waals surface area contributed by atoms with E-state index < -0.39 is 0 Å². The zero-order valence-electron chi connectivity index (χ0n) is 18.9. The second kappa shape index (κ2) is 9.19. The number of aromatic nitrogens is 3. The molecule has 0 amide bonds. The third-order valence-electron chi connectivity index (χ3n) is 5.66. The Kier molecular flexibility index (Phi) is 5.94. The second-order valence-corrected chi connectivity index (χ2v) is 9.10. The first-order chi connectivity index (χ1) is 16.5. The third kappa shape index (κ3) is 4.22. The van der Waals surface area contributed by atoms with Crippen molar-refractivity contribution < 1.29 is 9.53 Å². The third-order valence-corrected chi connectivity index (χ3v) is 6.57. The topological polar surface area (TPSA) is 77.0 Å². The number of benzene rings is 3. The molecule has 0 radical (unpaired) electrons. The molecule has 7 heteroatoms. The van der Waals surface area contributed by atoms with Crippen molar-refractivity contribution in [1.29, 1.82) is 0 Å². The van der Waals surface area contributed by atoms with Crippen molar-refractivity contribution in [3.8, 4) is 5.69 Å². The lowest BCUT2D eigenvalue weighted by Crippen LogP contribution is -2.23. The number of rotatable bonds is 6. The number of nitrogens with one attached hydrogen (secondary N) is 1. The van der Waals surface area contributed by atoms with Gasteiger partial charge < -0.3 is 9.72 Å². The van der Waals surface area contributed by atoms with Gasteiger partial charge in [-0.05, 0) is 42.7 Å². The van der Waals surface area contributed by atoms with E-state index in [9.17, 15) is 9.59 Å². The standard InChI is InChI=1S/C27H23N3O3S/c1-17-12-13-18(2)22(14-17)30-26(32)25-24(20-10-6-7-11-21(20)28-25)29-27(30)34-16-23(31)33-15-19-8-4-3-5-9-19/h3-14,28H,15-16H2,1-2H3. The summed E-state index contributed by atoms with van der Waals surface area (Å²) in [5.41, 5.74) is 5.33. The molecule has 0 aliphatic rings. The number of ether oxygens (including phenoxy) is 1. The monoisotopic (exact) mass is 469 g/mol. The molecule has 0 spiro atoms. The summed E-state index contributed by atoms with van der Waals surface area (Å²) in [6.07, 6.45) is 0. The highest BCUT2D eigenvalue weighted by Crippen LogP contribution is 2.27. The Balaban J connectivity index is 1.54. The predicted molar refractivity (Wildman–Crippen MR) is 136 cm³/mol. The zero-order chi connectivity index (χ0) is 23.7. The number of hydrogen-bond acceptors (Lipinski definition) is 5. The molecular weight excluding hydrogens is 446 g/mol. The fourth-order valence-electron chi connectivity index (χ4n) is 3.92. The summed E-state index contributed by atoms with van der Waals surface area (Å²) in [7, 11) is 0. The number of hydrogen-bond donors (Lipinski definition) is 1. The number of esters is 1. The van der Waals surface area contributed by atoms with Crippen molar-refractivity contribution >= 4 is 39.7 Å². The van der Waals surface area contributed by atoms with Crippen molar-refractivity contribution in [2.75, 3.05) is 5.75 Å². The maximum Gasteiger partial charge on any atom is 0.316 e. The van der Waals surface area contributed by atoms with Gasteiger partial charge in [0.15, 0.2) is 5.16 Å². The molecule has 0 saturated heterocycles. The van der Waals surface area contributed by atoms with Crippen molar-refractivity contribution in [3.63, 3.8) is 0 Å². The van der Waals surface area contributed by atoms with Crippen LogP contribution in [0.3, 0.4) is 0 Å². The van der Waals surface area contributed by atoms with Gasteiger partial charge in [0.05, 0.1) is 11.4 Å². The van der Waals surface area contributed by atoms with Crippen LogP contribution in [-0.2, 0) is 16.1 Å². The van der Waals surface area contributed by atoms with E-state index in [0.29, 0.717) is 16.2 Å². The maximum absolute atomic E-state index is 13.7. The largest absolute Gasteiger partial charge is 0.460 e. The van der Waals surface area contributed by atoms with Gasteiger partial charge in [0, 0.05) is 10.9 Å². The van der Waals surface area contributed by atoms with Gasteiger partial charge in [-0.3, -0.25) is 14.2 Å². The molecule has 5 aromatic rings. The van der Waals surface area contributed by atoms with Crippen LogP contribution in [0, 0.1) is 13.8 Å². The highest BCUT2D eigenvalue weighted by molar-refractivity contribution is 7.99. The summed E-state index contributed by atoms with van der Waals surface area (Å²) in [5, 5.41) is 1.32.